The summed E-state index contributed by atoms with van der Waals surface area (Å²) in [6, 6.07) is 6.68. The number of aryl methyl sites for hydroxylation is 1. The molecule has 2 atom stereocenters. The molecule has 8 nitrogen and oxygen atoms in total. The molecule has 0 amide bonds. The second-order valence-corrected chi connectivity index (χ2v) is 10.1. The first-order chi connectivity index (χ1) is 17.3. The summed E-state index contributed by atoms with van der Waals surface area (Å²) in [5.41, 5.74) is 1.73. The fourth-order valence-electron chi connectivity index (χ4n) is 4.78. The van der Waals surface area contributed by atoms with E-state index in [-0.39, 0.29) is 28.4 Å². The normalized spacial score (nSPS) is 20.3. The molecule has 2 aliphatic rings. The highest BCUT2D eigenvalue weighted by Crippen LogP contribution is 2.37. The van der Waals surface area contributed by atoms with Crippen LogP contribution in [0.25, 0.3) is 22.2 Å². The largest absolute Gasteiger partial charge is 0.367 e. The molecular weight excluding hydrogens is 483 g/mol. The molecule has 0 spiro atoms. The summed E-state index contributed by atoms with van der Waals surface area (Å²) in [5.74, 6) is 0.573. The Kier molecular flexibility index (Phi) is 5.57. The molecule has 1 aliphatic heterocycles. The molecule has 4 aromatic rings. The zero-order valence-electron chi connectivity index (χ0n) is 20.3. The number of ether oxygens (including phenoxy) is 1. The Balaban J connectivity index is 1.47. The number of nitrogens with zero attached hydrogens (tertiary/aromatic N) is 6. The smallest absolute Gasteiger partial charge is 0.261 e. The van der Waals surface area contributed by atoms with Gasteiger partial charge in [0.25, 0.3) is 5.56 Å². The lowest BCUT2D eigenvalue weighted by atomic mass is 10.1. The van der Waals surface area contributed by atoms with E-state index >= 15 is 4.39 Å². The van der Waals surface area contributed by atoms with E-state index in [9.17, 15) is 4.79 Å². The van der Waals surface area contributed by atoms with Crippen molar-refractivity contribution in [3.63, 3.8) is 0 Å². The Morgan fingerprint density at radius 2 is 1.97 bits per heavy atom. The van der Waals surface area contributed by atoms with Crippen LogP contribution < -0.4 is 10.5 Å². The van der Waals surface area contributed by atoms with Gasteiger partial charge in [-0.2, -0.15) is 5.10 Å². The van der Waals surface area contributed by atoms with Crippen molar-refractivity contribution in [3.05, 3.63) is 69.2 Å². The molecule has 6 rings (SSSR count). The number of hydrogen-bond donors (Lipinski definition) is 0. The molecule has 0 unspecified atom stereocenters. The van der Waals surface area contributed by atoms with Crippen LogP contribution in [0.5, 0.6) is 0 Å². The van der Waals surface area contributed by atoms with Crippen LogP contribution in [0.2, 0.25) is 5.02 Å². The van der Waals surface area contributed by atoms with Crippen LogP contribution in [0.3, 0.4) is 0 Å². The van der Waals surface area contributed by atoms with Crippen molar-refractivity contribution >= 4 is 28.3 Å². The number of pyridine rings is 1. The van der Waals surface area contributed by atoms with Gasteiger partial charge >= 0.3 is 0 Å². The number of rotatable bonds is 4. The van der Waals surface area contributed by atoms with Crippen LogP contribution in [0.15, 0.2) is 41.5 Å². The summed E-state index contributed by atoms with van der Waals surface area (Å²) in [5, 5.41) is 5.18. The lowest BCUT2D eigenvalue weighted by molar-refractivity contribution is -0.0176. The van der Waals surface area contributed by atoms with Gasteiger partial charge in [-0.25, -0.2) is 14.4 Å². The minimum Gasteiger partial charge on any atom is -0.367 e. The summed E-state index contributed by atoms with van der Waals surface area (Å²) in [6.07, 6.45) is 5.95. The van der Waals surface area contributed by atoms with Gasteiger partial charge in [0.2, 0.25) is 0 Å². The van der Waals surface area contributed by atoms with Crippen molar-refractivity contribution in [2.75, 3.05) is 18.0 Å². The zero-order valence-corrected chi connectivity index (χ0v) is 21.0. The SMILES string of the molecule is Cc1nc2c(-c3ccc(Cl)cc3F)nc(N3C[C@@H](C)O[C@@H](c4cnn(C5CC5)c4)C3)cc2c(=O)n1C. The first-order valence-electron chi connectivity index (χ1n) is 12.1. The van der Waals surface area contributed by atoms with E-state index in [0.29, 0.717) is 47.4 Å². The molecule has 0 N–H and O–H groups in total. The molecule has 0 bridgehead atoms. The number of hydrogen-bond acceptors (Lipinski definition) is 6. The van der Waals surface area contributed by atoms with E-state index in [4.69, 9.17) is 21.3 Å². The van der Waals surface area contributed by atoms with Crippen molar-refractivity contribution in [1.29, 1.82) is 0 Å². The van der Waals surface area contributed by atoms with Crippen molar-refractivity contribution < 1.29 is 9.13 Å². The number of benzene rings is 1. The fraction of sp³-hybridized carbons (Fsp3) is 0.385. The Morgan fingerprint density at radius 1 is 1.17 bits per heavy atom. The van der Waals surface area contributed by atoms with E-state index in [2.05, 4.69) is 21.2 Å². The second kappa shape index (κ2) is 8.67. The van der Waals surface area contributed by atoms with Crippen molar-refractivity contribution in [3.8, 4) is 11.3 Å². The fourth-order valence-corrected chi connectivity index (χ4v) is 4.94. The summed E-state index contributed by atoms with van der Waals surface area (Å²) in [7, 11) is 1.68. The Labute approximate surface area is 212 Å². The molecule has 186 valence electrons. The van der Waals surface area contributed by atoms with E-state index in [1.54, 1.807) is 32.2 Å². The third kappa shape index (κ3) is 4.06. The topological polar surface area (TPSA) is 78.1 Å². The number of morpholine rings is 1. The third-order valence-electron chi connectivity index (χ3n) is 6.96. The third-order valence-corrected chi connectivity index (χ3v) is 7.19. The van der Waals surface area contributed by atoms with Crippen LogP contribution in [0, 0.1) is 12.7 Å². The number of halogens is 2. The quantitative estimate of drug-likeness (QED) is 0.401. The van der Waals surface area contributed by atoms with Crippen LogP contribution in [-0.2, 0) is 11.8 Å². The monoisotopic (exact) mass is 508 g/mol. The highest BCUT2D eigenvalue weighted by atomic mass is 35.5. The van der Waals surface area contributed by atoms with Gasteiger partial charge < -0.3 is 9.64 Å². The summed E-state index contributed by atoms with van der Waals surface area (Å²) in [6.45, 7) is 4.86. The van der Waals surface area contributed by atoms with Crippen LogP contribution in [0.1, 0.15) is 43.3 Å². The average Bonchev–Trinajstić information content (AvgIpc) is 3.58. The second-order valence-electron chi connectivity index (χ2n) is 9.70. The van der Waals surface area contributed by atoms with Gasteiger partial charge in [-0.05, 0) is 51.0 Å². The predicted octanol–water partition coefficient (Wildman–Crippen LogP) is 4.59. The molecule has 2 fully saturated rings. The molecule has 36 heavy (non-hydrogen) atoms. The number of aromatic nitrogens is 5. The van der Waals surface area contributed by atoms with Gasteiger partial charge in [0.15, 0.2) is 0 Å². The van der Waals surface area contributed by atoms with Gasteiger partial charge in [0, 0.05) is 35.9 Å². The first kappa shape index (κ1) is 23.1. The lowest BCUT2D eigenvalue weighted by Gasteiger charge is -2.37. The molecule has 0 radical (unpaired) electrons. The molecular formula is C26H26ClFN6O2. The lowest BCUT2D eigenvalue weighted by Crippen LogP contribution is -2.43. The molecule has 4 heterocycles. The van der Waals surface area contributed by atoms with Crippen molar-refractivity contribution in [2.45, 2.75) is 44.9 Å². The molecule has 1 saturated carbocycles. The maximum atomic E-state index is 15.1. The highest BCUT2D eigenvalue weighted by Gasteiger charge is 2.31. The Hall–Kier alpha value is -3.30. The van der Waals surface area contributed by atoms with Crippen LogP contribution in [0.4, 0.5) is 10.2 Å². The minimum absolute atomic E-state index is 0.0831. The van der Waals surface area contributed by atoms with E-state index in [0.717, 1.165) is 18.4 Å². The Morgan fingerprint density at radius 3 is 2.72 bits per heavy atom. The van der Waals surface area contributed by atoms with Gasteiger partial charge in [-0.15, -0.1) is 0 Å². The summed E-state index contributed by atoms with van der Waals surface area (Å²) < 4.78 is 24.8. The van der Waals surface area contributed by atoms with Crippen LogP contribution >= 0.6 is 11.6 Å². The van der Waals surface area contributed by atoms with Gasteiger partial charge in [-0.3, -0.25) is 14.0 Å². The molecule has 1 aromatic carbocycles. The van der Waals surface area contributed by atoms with Gasteiger partial charge in [0.05, 0.1) is 30.3 Å². The summed E-state index contributed by atoms with van der Waals surface area (Å²) in [4.78, 5) is 24.8. The molecule has 1 saturated heterocycles. The first-order valence-corrected chi connectivity index (χ1v) is 12.4. The molecule has 3 aromatic heterocycles. The standard InChI is InChI=1S/C26H26ClFN6O2/c1-14-11-33(13-22(36-14)16-10-29-34(12-16)18-5-6-18)23-9-20-25(30-15(2)32(3)26(20)35)24(31-23)19-7-4-17(27)8-21(19)28/h4,7-10,12,14,18,22H,5-6,11,13H2,1-3H3/t14-,22-/m1/s1. The predicted molar refractivity (Wildman–Crippen MR) is 136 cm³/mol. The average molecular weight is 509 g/mol. The van der Waals surface area contributed by atoms with E-state index in [1.165, 1.54) is 10.6 Å². The Bertz CT molecular complexity index is 1550. The van der Waals surface area contributed by atoms with Crippen LogP contribution in [-0.4, -0.2) is 43.5 Å². The highest BCUT2D eigenvalue weighted by molar-refractivity contribution is 6.30. The van der Waals surface area contributed by atoms with Crippen molar-refractivity contribution in [2.24, 2.45) is 7.05 Å². The van der Waals surface area contributed by atoms with E-state index in [1.807, 2.05) is 17.8 Å². The van der Waals surface area contributed by atoms with Gasteiger partial charge in [0.1, 0.15) is 34.8 Å². The van der Waals surface area contributed by atoms with E-state index < -0.39 is 5.82 Å². The van der Waals surface area contributed by atoms with Crippen molar-refractivity contribution in [1.82, 2.24) is 24.3 Å². The maximum Gasteiger partial charge on any atom is 0.261 e. The summed E-state index contributed by atoms with van der Waals surface area (Å²) >= 11 is 6.00. The number of anilines is 1. The van der Waals surface area contributed by atoms with Gasteiger partial charge in [-0.1, -0.05) is 11.6 Å². The minimum atomic E-state index is -0.519. The molecule has 1 aliphatic carbocycles. The zero-order chi connectivity index (χ0) is 25.1. The molecule has 10 heteroatoms. The number of fused-ring (bicyclic) bond motifs is 1. The maximum absolute atomic E-state index is 15.1.